The third-order valence-electron chi connectivity index (χ3n) is 5.44. The van der Waals surface area contributed by atoms with E-state index in [9.17, 15) is 9.59 Å². The lowest BCUT2D eigenvalue weighted by atomic mass is 9.93. The molecule has 23 heavy (non-hydrogen) atoms. The van der Waals surface area contributed by atoms with Crippen LogP contribution in [0.25, 0.3) is 0 Å². The zero-order valence-corrected chi connectivity index (χ0v) is 13.7. The first-order chi connectivity index (χ1) is 11.1. The summed E-state index contributed by atoms with van der Waals surface area (Å²) in [4.78, 5) is 30.5. The molecule has 4 rings (SSSR count). The number of nitrogens with one attached hydrogen (secondary N) is 1. The molecule has 1 saturated carbocycles. The molecule has 0 aromatic carbocycles. The van der Waals surface area contributed by atoms with E-state index >= 15 is 0 Å². The van der Waals surface area contributed by atoms with E-state index in [0.29, 0.717) is 31.9 Å². The maximum atomic E-state index is 13.1. The minimum absolute atomic E-state index is 0.0404. The van der Waals surface area contributed by atoms with Gasteiger partial charge in [0.05, 0.1) is 19.3 Å². The van der Waals surface area contributed by atoms with Gasteiger partial charge in [-0.05, 0) is 37.7 Å². The normalized spacial score (nSPS) is 24.7. The molecule has 1 amide bonds. The SMILES string of the molecule is Cc1c(C(=O)N2CCOCC2CC2CC2)[nH]c2c1C(=O)CCC2. The number of nitrogens with zero attached hydrogens (tertiary/aromatic N) is 1. The predicted octanol–water partition coefficient (Wildman–Crippen LogP) is 2.48. The Bertz CT molecular complexity index is 645. The van der Waals surface area contributed by atoms with Gasteiger partial charge in [0.15, 0.2) is 5.78 Å². The van der Waals surface area contributed by atoms with Crippen LogP contribution in [-0.4, -0.2) is 47.4 Å². The van der Waals surface area contributed by atoms with E-state index in [4.69, 9.17) is 4.74 Å². The van der Waals surface area contributed by atoms with Gasteiger partial charge in [0.2, 0.25) is 0 Å². The number of Topliss-reactive ketones (excluding diaryl/α,β-unsaturated/α-hetero) is 1. The van der Waals surface area contributed by atoms with Gasteiger partial charge in [0.1, 0.15) is 5.69 Å². The number of rotatable bonds is 3. The van der Waals surface area contributed by atoms with Crippen LogP contribution >= 0.6 is 0 Å². The predicted molar refractivity (Wildman–Crippen MR) is 85.8 cm³/mol. The average molecular weight is 316 g/mol. The Labute approximate surface area is 136 Å². The number of H-pyrrole nitrogens is 1. The highest BCUT2D eigenvalue weighted by atomic mass is 16.5. The van der Waals surface area contributed by atoms with Gasteiger partial charge < -0.3 is 14.6 Å². The number of morpholine rings is 1. The molecule has 0 radical (unpaired) electrons. The van der Waals surface area contributed by atoms with Crippen molar-refractivity contribution in [1.29, 1.82) is 0 Å². The molecule has 3 aliphatic rings. The highest BCUT2D eigenvalue weighted by Crippen LogP contribution is 2.36. The molecule has 1 N–H and O–H groups in total. The quantitative estimate of drug-likeness (QED) is 0.932. The van der Waals surface area contributed by atoms with Crippen LogP contribution < -0.4 is 0 Å². The van der Waals surface area contributed by atoms with Crippen LogP contribution in [-0.2, 0) is 11.2 Å². The van der Waals surface area contributed by atoms with E-state index in [2.05, 4.69) is 4.98 Å². The number of ether oxygens (including phenoxy) is 1. The second-order valence-electron chi connectivity index (χ2n) is 7.16. The molecule has 0 spiro atoms. The molecule has 2 aliphatic carbocycles. The number of ketones is 1. The standard InChI is InChI=1S/C18H24N2O3/c1-11-16-14(3-2-4-15(16)21)19-17(11)18(22)20-7-8-23-10-13(20)9-12-5-6-12/h12-13,19H,2-10H2,1H3. The number of fused-ring (bicyclic) bond motifs is 1. The zero-order valence-electron chi connectivity index (χ0n) is 13.7. The summed E-state index contributed by atoms with van der Waals surface area (Å²) >= 11 is 0. The first kappa shape index (κ1) is 14.9. The second-order valence-corrected chi connectivity index (χ2v) is 7.16. The summed E-state index contributed by atoms with van der Waals surface area (Å²) in [6, 6.07) is 0.180. The zero-order chi connectivity index (χ0) is 16.0. The van der Waals surface area contributed by atoms with Crippen molar-refractivity contribution in [2.24, 2.45) is 5.92 Å². The van der Waals surface area contributed by atoms with Crippen molar-refractivity contribution in [1.82, 2.24) is 9.88 Å². The Morgan fingerprint density at radius 3 is 2.91 bits per heavy atom. The second kappa shape index (κ2) is 5.78. The summed E-state index contributed by atoms with van der Waals surface area (Å²) in [7, 11) is 0. The van der Waals surface area contributed by atoms with Gasteiger partial charge in [-0.25, -0.2) is 0 Å². The number of amides is 1. The highest BCUT2D eigenvalue weighted by molar-refractivity contribution is 6.04. The van der Waals surface area contributed by atoms with E-state index in [1.807, 2.05) is 11.8 Å². The van der Waals surface area contributed by atoms with Crippen molar-refractivity contribution in [2.45, 2.75) is 51.5 Å². The van der Waals surface area contributed by atoms with Gasteiger partial charge in [-0.1, -0.05) is 12.8 Å². The van der Waals surface area contributed by atoms with Crippen LogP contribution in [0, 0.1) is 12.8 Å². The Morgan fingerprint density at radius 2 is 2.17 bits per heavy atom. The summed E-state index contributed by atoms with van der Waals surface area (Å²) in [5.74, 6) is 0.978. The van der Waals surface area contributed by atoms with E-state index in [0.717, 1.165) is 42.0 Å². The van der Waals surface area contributed by atoms with Gasteiger partial charge in [-0.15, -0.1) is 0 Å². The van der Waals surface area contributed by atoms with Crippen molar-refractivity contribution in [3.05, 3.63) is 22.5 Å². The summed E-state index contributed by atoms with van der Waals surface area (Å²) in [5, 5.41) is 0. The van der Waals surface area contributed by atoms with Crippen LogP contribution in [0.2, 0.25) is 0 Å². The molecule has 1 aromatic heterocycles. The molecule has 1 aliphatic heterocycles. The van der Waals surface area contributed by atoms with Crippen molar-refractivity contribution >= 4 is 11.7 Å². The van der Waals surface area contributed by atoms with Crippen molar-refractivity contribution in [2.75, 3.05) is 19.8 Å². The highest BCUT2D eigenvalue weighted by Gasteiger charge is 2.35. The van der Waals surface area contributed by atoms with Crippen LogP contribution in [0.4, 0.5) is 0 Å². The summed E-state index contributed by atoms with van der Waals surface area (Å²) in [5.41, 5.74) is 3.18. The third kappa shape index (κ3) is 2.71. The Kier molecular flexibility index (Phi) is 3.76. The van der Waals surface area contributed by atoms with E-state index in [-0.39, 0.29) is 17.7 Å². The van der Waals surface area contributed by atoms with Gasteiger partial charge >= 0.3 is 0 Å². The number of carbonyl (C=O) groups is 2. The summed E-state index contributed by atoms with van der Waals surface area (Å²) in [6.07, 6.45) is 5.95. The number of carbonyl (C=O) groups excluding carboxylic acids is 2. The van der Waals surface area contributed by atoms with Gasteiger partial charge in [0, 0.05) is 24.2 Å². The fourth-order valence-corrected chi connectivity index (χ4v) is 3.99. The van der Waals surface area contributed by atoms with Crippen molar-refractivity contribution < 1.29 is 14.3 Å². The summed E-state index contributed by atoms with van der Waals surface area (Å²) in [6.45, 7) is 3.79. The largest absolute Gasteiger partial charge is 0.377 e. The lowest BCUT2D eigenvalue weighted by Gasteiger charge is -2.35. The fraction of sp³-hybridized carbons (Fsp3) is 0.667. The number of aryl methyl sites for hydroxylation is 1. The number of aromatic amines is 1. The average Bonchev–Trinajstić information content (AvgIpc) is 3.29. The maximum absolute atomic E-state index is 13.1. The topological polar surface area (TPSA) is 62.4 Å². The number of hydrogen-bond donors (Lipinski definition) is 1. The first-order valence-corrected chi connectivity index (χ1v) is 8.78. The smallest absolute Gasteiger partial charge is 0.270 e. The van der Waals surface area contributed by atoms with Crippen LogP contribution in [0.3, 0.4) is 0 Å². The van der Waals surface area contributed by atoms with E-state index in [1.165, 1.54) is 12.8 Å². The van der Waals surface area contributed by atoms with Crippen molar-refractivity contribution in [3.63, 3.8) is 0 Å². The van der Waals surface area contributed by atoms with Crippen LogP contribution in [0.1, 0.15) is 64.2 Å². The molecular weight excluding hydrogens is 292 g/mol. The van der Waals surface area contributed by atoms with Crippen molar-refractivity contribution in [3.8, 4) is 0 Å². The minimum Gasteiger partial charge on any atom is -0.377 e. The first-order valence-electron chi connectivity index (χ1n) is 8.78. The summed E-state index contributed by atoms with van der Waals surface area (Å²) < 4.78 is 5.60. The monoisotopic (exact) mass is 316 g/mol. The van der Waals surface area contributed by atoms with E-state index < -0.39 is 0 Å². The fourth-order valence-electron chi connectivity index (χ4n) is 3.99. The number of hydrogen-bond acceptors (Lipinski definition) is 3. The molecule has 2 fully saturated rings. The molecule has 1 unspecified atom stereocenters. The Morgan fingerprint density at radius 1 is 1.35 bits per heavy atom. The molecular formula is C18H24N2O3. The van der Waals surface area contributed by atoms with Gasteiger partial charge in [0.25, 0.3) is 5.91 Å². The molecule has 5 heteroatoms. The van der Waals surface area contributed by atoms with Crippen LogP contribution in [0.5, 0.6) is 0 Å². The maximum Gasteiger partial charge on any atom is 0.270 e. The molecule has 5 nitrogen and oxygen atoms in total. The molecule has 1 atom stereocenters. The Hall–Kier alpha value is -1.62. The van der Waals surface area contributed by atoms with E-state index in [1.54, 1.807) is 0 Å². The third-order valence-corrected chi connectivity index (χ3v) is 5.44. The lowest BCUT2D eigenvalue weighted by Crippen LogP contribution is -2.49. The number of aromatic nitrogens is 1. The molecule has 0 bridgehead atoms. The van der Waals surface area contributed by atoms with Crippen LogP contribution in [0.15, 0.2) is 0 Å². The molecule has 1 aromatic rings. The molecule has 124 valence electrons. The Balaban J connectivity index is 1.61. The van der Waals surface area contributed by atoms with Gasteiger partial charge in [-0.2, -0.15) is 0 Å². The lowest BCUT2D eigenvalue weighted by molar-refractivity contribution is -0.00600. The van der Waals surface area contributed by atoms with Gasteiger partial charge in [-0.3, -0.25) is 9.59 Å². The minimum atomic E-state index is 0.0404. The molecule has 1 saturated heterocycles. The molecule has 2 heterocycles.